The lowest BCUT2D eigenvalue weighted by molar-refractivity contribution is 0.0189. The Hall–Kier alpha value is -1.34. The van der Waals surface area contributed by atoms with Gasteiger partial charge in [-0.2, -0.15) is 4.98 Å². The van der Waals surface area contributed by atoms with Crippen LogP contribution >= 0.6 is 27.5 Å². The van der Waals surface area contributed by atoms with Crippen LogP contribution in [0.4, 0.5) is 4.79 Å². The Labute approximate surface area is 154 Å². The van der Waals surface area contributed by atoms with Crippen LogP contribution in [0.15, 0.2) is 16.9 Å². The topological polar surface area (TPSA) is 60.2 Å². The number of amides is 1. The van der Waals surface area contributed by atoms with Crippen molar-refractivity contribution in [1.29, 1.82) is 0 Å². The lowest BCUT2D eigenvalue weighted by Gasteiger charge is -2.34. The summed E-state index contributed by atoms with van der Waals surface area (Å²) in [6, 6.07) is 0.267. The molecule has 1 fully saturated rings. The molecule has 1 aliphatic rings. The van der Waals surface area contributed by atoms with Crippen molar-refractivity contribution in [2.24, 2.45) is 0 Å². The Morgan fingerprint density at radius 2 is 2.04 bits per heavy atom. The maximum Gasteiger partial charge on any atom is 0.410 e. The summed E-state index contributed by atoms with van der Waals surface area (Å²) >= 11 is 9.49. The van der Waals surface area contributed by atoms with E-state index in [1.54, 1.807) is 11.1 Å². The molecule has 24 heavy (non-hydrogen) atoms. The Kier molecular flexibility index (Phi) is 4.75. The van der Waals surface area contributed by atoms with Gasteiger partial charge in [-0.15, -0.1) is 0 Å². The predicted molar refractivity (Wildman–Crippen MR) is 96.3 cm³/mol. The SMILES string of the molecule is CC(C)(C)OC(=O)N1CCC(n2cc(Br)c3cnc(Cl)nc32)CC1. The second-order valence-electron chi connectivity index (χ2n) is 6.96. The van der Waals surface area contributed by atoms with E-state index in [0.29, 0.717) is 13.1 Å². The highest BCUT2D eigenvalue weighted by Crippen LogP contribution is 2.32. The minimum absolute atomic E-state index is 0.237. The number of nitrogens with zero attached hydrogens (tertiary/aromatic N) is 4. The molecule has 8 heteroatoms. The summed E-state index contributed by atoms with van der Waals surface area (Å²) in [5.41, 5.74) is 0.348. The minimum atomic E-state index is -0.469. The van der Waals surface area contributed by atoms with Crippen molar-refractivity contribution < 1.29 is 9.53 Å². The van der Waals surface area contributed by atoms with Crippen LogP contribution in [0.2, 0.25) is 5.28 Å². The summed E-state index contributed by atoms with van der Waals surface area (Å²) < 4.78 is 8.52. The molecular weight excluding hydrogens is 396 g/mol. The number of piperidine rings is 1. The average Bonchev–Trinajstić information content (AvgIpc) is 2.82. The number of carbonyl (C=O) groups excluding carboxylic acids is 1. The first-order valence-corrected chi connectivity index (χ1v) is 9.08. The molecule has 2 aromatic rings. The van der Waals surface area contributed by atoms with Crippen LogP contribution in [-0.2, 0) is 4.74 Å². The molecular formula is C16H20BrClN4O2. The van der Waals surface area contributed by atoms with Crippen molar-refractivity contribution in [2.75, 3.05) is 13.1 Å². The maximum atomic E-state index is 12.2. The van der Waals surface area contributed by atoms with Crippen molar-refractivity contribution >= 4 is 44.7 Å². The van der Waals surface area contributed by atoms with Gasteiger partial charge in [0.25, 0.3) is 0 Å². The number of hydrogen-bond acceptors (Lipinski definition) is 4. The summed E-state index contributed by atoms with van der Waals surface area (Å²) in [5.74, 6) is 0. The van der Waals surface area contributed by atoms with Gasteiger partial charge < -0.3 is 14.2 Å². The van der Waals surface area contributed by atoms with Crippen molar-refractivity contribution in [3.8, 4) is 0 Å². The van der Waals surface area contributed by atoms with Crippen LogP contribution in [0.25, 0.3) is 11.0 Å². The summed E-state index contributed by atoms with van der Waals surface area (Å²) in [4.78, 5) is 22.3. The Morgan fingerprint density at radius 3 is 2.67 bits per heavy atom. The van der Waals surface area contributed by atoms with Gasteiger partial charge >= 0.3 is 6.09 Å². The minimum Gasteiger partial charge on any atom is -0.444 e. The molecule has 0 atom stereocenters. The van der Waals surface area contributed by atoms with E-state index in [-0.39, 0.29) is 17.4 Å². The van der Waals surface area contributed by atoms with E-state index in [4.69, 9.17) is 16.3 Å². The molecule has 0 aromatic carbocycles. The number of carbonyl (C=O) groups is 1. The number of hydrogen-bond donors (Lipinski definition) is 0. The second-order valence-corrected chi connectivity index (χ2v) is 8.15. The molecule has 1 amide bonds. The standard InChI is InChI=1S/C16H20BrClN4O2/c1-16(2,3)24-15(23)21-6-4-10(5-7-21)22-9-12(17)11-8-19-14(18)20-13(11)22/h8-10H,4-7H2,1-3H3. The summed E-state index contributed by atoms with van der Waals surface area (Å²) in [6.07, 6.45) is 5.18. The van der Waals surface area contributed by atoms with Gasteiger partial charge in [0.15, 0.2) is 0 Å². The fourth-order valence-electron chi connectivity index (χ4n) is 2.90. The Balaban J connectivity index is 1.73. The highest BCUT2D eigenvalue weighted by molar-refractivity contribution is 9.10. The Bertz CT molecular complexity index is 763. The van der Waals surface area contributed by atoms with Gasteiger partial charge in [0, 0.05) is 36.0 Å². The molecule has 130 valence electrons. The quantitative estimate of drug-likeness (QED) is 0.647. The number of aromatic nitrogens is 3. The fraction of sp³-hybridized carbons (Fsp3) is 0.562. The van der Waals surface area contributed by atoms with E-state index in [1.165, 1.54) is 0 Å². The van der Waals surface area contributed by atoms with Gasteiger partial charge in [0.1, 0.15) is 11.2 Å². The highest BCUT2D eigenvalue weighted by atomic mass is 79.9. The first-order valence-electron chi connectivity index (χ1n) is 7.91. The Morgan fingerprint density at radius 1 is 1.38 bits per heavy atom. The van der Waals surface area contributed by atoms with Crippen LogP contribution in [0.3, 0.4) is 0 Å². The monoisotopic (exact) mass is 414 g/mol. The van der Waals surface area contributed by atoms with E-state index >= 15 is 0 Å². The normalized spacial score (nSPS) is 16.6. The third kappa shape index (κ3) is 3.67. The van der Waals surface area contributed by atoms with Crippen molar-refractivity contribution in [3.63, 3.8) is 0 Å². The molecule has 0 bridgehead atoms. The van der Waals surface area contributed by atoms with Gasteiger partial charge in [-0.25, -0.2) is 9.78 Å². The number of halogens is 2. The summed E-state index contributed by atoms with van der Waals surface area (Å²) in [5, 5.41) is 1.18. The molecule has 0 saturated carbocycles. The number of ether oxygens (including phenoxy) is 1. The number of rotatable bonds is 1. The first-order chi connectivity index (χ1) is 11.2. The number of fused-ring (bicyclic) bond motifs is 1. The van der Waals surface area contributed by atoms with Gasteiger partial charge in [-0.05, 0) is 61.1 Å². The zero-order chi connectivity index (χ0) is 17.5. The van der Waals surface area contributed by atoms with Gasteiger partial charge in [-0.3, -0.25) is 0 Å². The largest absolute Gasteiger partial charge is 0.444 e. The fourth-order valence-corrected chi connectivity index (χ4v) is 3.53. The first kappa shape index (κ1) is 17.5. The predicted octanol–water partition coefficient (Wildman–Crippen LogP) is 4.42. The van der Waals surface area contributed by atoms with Gasteiger partial charge in [-0.1, -0.05) is 0 Å². The maximum absolute atomic E-state index is 12.2. The second kappa shape index (κ2) is 6.52. The van der Waals surface area contributed by atoms with Gasteiger partial charge in [0.2, 0.25) is 5.28 Å². The molecule has 0 radical (unpaired) electrons. The molecule has 1 aliphatic heterocycles. The molecule has 0 aliphatic carbocycles. The highest BCUT2D eigenvalue weighted by Gasteiger charge is 2.28. The summed E-state index contributed by atoms with van der Waals surface area (Å²) in [7, 11) is 0. The van der Waals surface area contributed by atoms with E-state index in [2.05, 4.69) is 30.5 Å². The van der Waals surface area contributed by atoms with Crippen LogP contribution in [-0.4, -0.2) is 44.2 Å². The van der Waals surface area contributed by atoms with E-state index < -0.39 is 5.60 Å². The molecule has 2 aromatic heterocycles. The van der Waals surface area contributed by atoms with E-state index in [1.807, 2.05) is 27.0 Å². The lowest BCUT2D eigenvalue weighted by Crippen LogP contribution is -2.42. The molecule has 0 N–H and O–H groups in total. The molecule has 1 saturated heterocycles. The van der Waals surface area contributed by atoms with Crippen molar-refractivity contribution in [3.05, 3.63) is 22.1 Å². The number of likely N-dealkylation sites (tertiary alicyclic amines) is 1. The smallest absolute Gasteiger partial charge is 0.410 e. The lowest BCUT2D eigenvalue weighted by atomic mass is 10.1. The summed E-state index contributed by atoms with van der Waals surface area (Å²) in [6.45, 7) is 6.96. The van der Waals surface area contributed by atoms with E-state index in [0.717, 1.165) is 28.3 Å². The average molecular weight is 416 g/mol. The molecule has 0 unspecified atom stereocenters. The van der Waals surface area contributed by atoms with Crippen molar-refractivity contribution in [1.82, 2.24) is 19.4 Å². The van der Waals surface area contributed by atoms with Gasteiger partial charge in [0.05, 0.1) is 5.39 Å². The van der Waals surface area contributed by atoms with Crippen LogP contribution in [0, 0.1) is 0 Å². The third-order valence-corrected chi connectivity index (χ3v) is 4.82. The zero-order valence-corrected chi connectivity index (χ0v) is 16.3. The third-order valence-electron chi connectivity index (χ3n) is 4.00. The van der Waals surface area contributed by atoms with Crippen molar-refractivity contribution in [2.45, 2.75) is 45.3 Å². The van der Waals surface area contributed by atoms with E-state index in [9.17, 15) is 4.79 Å². The molecule has 3 heterocycles. The molecule has 3 rings (SSSR count). The van der Waals surface area contributed by atoms with Crippen LogP contribution in [0.5, 0.6) is 0 Å². The molecule has 0 spiro atoms. The molecule has 6 nitrogen and oxygen atoms in total. The van der Waals surface area contributed by atoms with Crippen LogP contribution < -0.4 is 0 Å². The zero-order valence-electron chi connectivity index (χ0n) is 13.9. The van der Waals surface area contributed by atoms with Crippen LogP contribution in [0.1, 0.15) is 39.7 Å².